The zero-order valence-electron chi connectivity index (χ0n) is 13.2. The highest BCUT2D eigenvalue weighted by atomic mass is 16.2. The monoisotopic (exact) mass is 297 g/mol. The largest absolute Gasteiger partial charge is 0.335 e. The fraction of sp³-hybridized carbons (Fsp3) is 0.556. The van der Waals surface area contributed by atoms with Gasteiger partial charge < -0.3 is 4.90 Å². The molecule has 0 radical (unpaired) electrons. The number of aromatic nitrogens is 1. The number of carbonyl (C=O) groups excluding carboxylic acids is 1. The molecule has 2 atom stereocenters. The summed E-state index contributed by atoms with van der Waals surface area (Å²) in [4.78, 5) is 21.3. The van der Waals surface area contributed by atoms with Crippen LogP contribution in [-0.2, 0) is 0 Å². The second-order valence-corrected chi connectivity index (χ2v) is 6.16. The van der Waals surface area contributed by atoms with Gasteiger partial charge in [-0.2, -0.15) is 0 Å². The first kappa shape index (κ1) is 15.1. The molecule has 4 heterocycles. The topological polar surface area (TPSA) is 36.4 Å². The lowest BCUT2D eigenvalue weighted by Gasteiger charge is -2.34. The second-order valence-electron chi connectivity index (χ2n) is 6.16. The van der Waals surface area contributed by atoms with E-state index in [4.69, 9.17) is 0 Å². The normalized spacial score (nSPS) is 24.5. The number of amides is 1. The molecule has 3 fully saturated rings. The number of pyridine rings is 1. The average Bonchev–Trinajstić information content (AvgIpc) is 2.87. The van der Waals surface area contributed by atoms with Crippen molar-refractivity contribution in [3.8, 4) is 11.8 Å². The minimum Gasteiger partial charge on any atom is -0.335 e. The first-order valence-electron chi connectivity index (χ1n) is 8.18. The summed E-state index contributed by atoms with van der Waals surface area (Å²) in [5.74, 6) is 7.04. The van der Waals surface area contributed by atoms with Gasteiger partial charge in [0.05, 0.1) is 6.54 Å². The summed E-state index contributed by atoms with van der Waals surface area (Å²) in [6.07, 6.45) is 4.98. The third-order valence-electron chi connectivity index (χ3n) is 4.58. The summed E-state index contributed by atoms with van der Waals surface area (Å²) >= 11 is 0. The molecule has 4 heteroatoms. The fourth-order valence-electron chi connectivity index (χ4n) is 3.47. The molecule has 0 aromatic carbocycles. The highest BCUT2D eigenvalue weighted by molar-refractivity contribution is 5.92. The van der Waals surface area contributed by atoms with E-state index in [1.807, 2.05) is 17.0 Å². The van der Waals surface area contributed by atoms with E-state index in [9.17, 15) is 4.79 Å². The molecule has 0 saturated carbocycles. The molecular formula is C18H23N3O. The zero-order chi connectivity index (χ0) is 15.4. The Morgan fingerprint density at radius 3 is 2.95 bits per heavy atom. The van der Waals surface area contributed by atoms with Gasteiger partial charge in [0.1, 0.15) is 5.69 Å². The summed E-state index contributed by atoms with van der Waals surface area (Å²) in [6, 6.07) is 5.97. The van der Waals surface area contributed by atoms with Gasteiger partial charge in [-0.15, -0.1) is 5.92 Å². The Labute approximate surface area is 132 Å². The molecule has 1 aromatic rings. The van der Waals surface area contributed by atoms with Gasteiger partial charge in [0.15, 0.2) is 0 Å². The van der Waals surface area contributed by atoms with Crippen LogP contribution in [0.4, 0.5) is 0 Å². The molecule has 1 aromatic heterocycles. The molecule has 3 aliphatic rings. The maximum absolute atomic E-state index is 12.7. The lowest BCUT2D eigenvalue weighted by atomic mass is 9.95. The van der Waals surface area contributed by atoms with Crippen molar-refractivity contribution in [2.75, 3.05) is 26.2 Å². The highest BCUT2D eigenvalue weighted by Gasteiger charge is 2.36. The zero-order valence-corrected chi connectivity index (χ0v) is 13.2. The van der Waals surface area contributed by atoms with Crippen LogP contribution >= 0.6 is 0 Å². The molecule has 0 N–H and O–H groups in total. The lowest BCUT2D eigenvalue weighted by molar-refractivity contribution is 0.0735. The Morgan fingerprint density at radius 2 is 2.18 bits per heavy atom. The van der Waals surface area contributed by atoms with E-state index >= 15 is 0 Å². The molecule has 22 heavy (non-hydrogen) atoms. The van der Waals surface area contributed by atoms with Crippen molar-refractivity contribution in [2.24, 2.45) is 5.92 Å². The minimum atomic E-state index is 0.0685. The SMILES string of the molecule is CCC#CCN1C[C@@H]2CC[C@H]1CN(C(=O)c1ccccn1)C2. The quantitative estimate of drug-likeness (QED) is 0.784. The van der Waals surface area contributed by atoms with E-state index in [2.05, 4.69) is 28.6 Å². The molecule has 4 nitrogen and oxygen atoms in total. The molecule has 0 aliphatic carbocycles. The van der Waals surface area contributed by atoms with Crippen LogP contribution in [0.5, 0.6) is 0 Å². The summed E-state index contributed by atoms with van der Waals surface area (Å²) in [5.41, 5.74) is 0.557. The van der Waals surface area contributed by atoms with Crippen molar-refractivity contribution in [3.63, 3.8) is 0 Å². The summed E-state index contributed by atoms with van der Waals surface area (Å²) in [7, 11) is 0. The molecule has 1 amide bonds. The van der Waals surface area contributed by atoms with Gasteiger partial charge in [-0.05, 0) is 30.9 Å². The molecular weight excluding hydrogens is 274 g/mol. The number of carbonyl (C=O) groups is 1. The number of fused-ring (bicyclic) bond motifs is 4. The first-order valence-corrected chi connectivity index (χ1v) is 8.18. The predicted octanol–water partition coefficient (Wildman–Crippen LogP) is 2.03. The smallest absolute Gasteiger partial charge is 0.272 e. The number of hydrogen-bond donors (Lipinski definition) is 0. The molecule has 0 spiro atoms. The van der Waals surface area contributed by atoms with Crippen molar-refractivity contribution in [1.82, 2.24) is 14.8 Å². The molecule has 3 aliphatic heterocycles. The van der Waals surface area contributed by atoms with Crippen molar-refractivity contribution in [2.45, 2.75) is 32.2 Å². The van der Waals surface area contributed by atoms with Crippen LogP contribution in [0.1, 0.15) is 36.7 Å². The Balaban J connectivity index is 1.71. The fourth-order valence-corrected chi connectivity index (χ4v) is 3.47. The van der Waals surface area contributed by atoms with Crippen LogP contribution in [0.25, 0.3) is 0 Å². The number of rotatable bonds is 2. The first-order chi connectivity index (χ1) is 10.8. The van der Waals surface area contributed by atoms with Crippen LogP contribution in [-0.4, -0.2) is 52.9 Å². The van der Waals surface area contributed by atoms with Crippen LogP contribution in [0.15, 0.2) is 24.4 Å². The molecule has 3 saturated heterocycles. The van der Waals surface area contributed by atoms with Gasteiger partial charge in [0, 0.05) is 38.3 Å². The Kier molecular flexibility index (Phi) is 4.74. The standard InChI is InChI=1S/C18H23N3O/c1-2-3-6-11-20-12-15-8-9-16(20)14-21(13-15)18(22)17-7-4-5-10-19-17/h4-5,7,10,15-16H,2,8-9,11-14H2,1H3/t15-,16-/m0/s1. The highest BCUT2D eigenvalue weighted by Crippen LogP contribution is 2.28. The second kappa shape index (κ2) is 6.93. The number of nitrogens with zero attached hydrogens (tertiary/aromatic N) is 3. The van der Waals surface area contributed by atoms with Crippen molar-refractivity contribution in [3.05, 3.63) is 30.1 Å². The maximum Gasteiger partial charge on any atom is 0.272 e. The molecule has 4 rings (SSSR count). The van der Waals surface area contributed by atoms with Crippen molar-refractivity contribution >= 4 is 5.91 Å². The van der Waals surface area contributed by atoms with E-state index in [1.165, 1.54) is 12.8 Å². The maximum atomic E-state index is 12.7. The molecule has 116 valence electrons. The van der Waals surface area contributed by atoms with Crippen LogP contribution in [0.3, 0.4) is 0 Å². The molecule has 2 bridgehead atoms. The minimum absolute atomic E-state index is 0.0685. The van der Waals surface area contributed by atoms with E-state index in [1.54, 1.807) is 12.3 Å². The van der Waals surface area contributed by atoms with E-state index in [0.29, 0.717) is 17.7 Å². The van der Waals surface area contributed by atoms with Gasteiger partial charge in [-0.1, -0.05) is 18.9 Å². The van der Waals surface area contributed by atoms with Crippen molar-refractivity contribution < 1.29 is 4.79 Å². The summed E-state index contributed by atoms with van der Waals surface area (Å²) in [5, 5.41) is 0. The van der Waals surface area contributed by atoms with E-state index in [0.717, 1.165) is 32.6 Å². The van der Waals surface area contributed by atoms with E-state index in [-0.39, 0.29) is 5.91 Å². The van der Waals surface area contributed by atoms with Gasteiger partial charge in [0.25, 0.3) is 5.91 Å². The third-order valence-corrected chi connectivity index (χ3v) is 4.58. The average molecular weight is 297 g/mol. The summed E-state index contributed by atoms with van der Waals surface area (Å²) in [6.45, 7) is 5.63. The van der Waals surface area contributed by atoms with Crippen LogP contribution in [0, 0.1) is 17.8 Å². The predicted molar refractivity (Wildman–Crippen MR) is 86.3 cm³/mol. The van der Waals surface area contributed by atoms with E-state index < -0.39 is 0 Å². The van der Waals surface area contributed by atoms with Gasteiger partial charge in [-0.25, -0.2) is 0 Å². The third kappa shape index (κ3) is 3.31. The van der Waals surface area contributed by atoms with Gasteiger partial charge in [-0.3, -0.25) is 14.7 Å². The molecule has 0 unspecified atom stereocenters. The van der Waals surface area contributed by atoms with Crippen LogP contribution < -0.4 is 0 Å². The lowest BCUT2D eigenvalue weighted by Crippen LogP contribution is -2.44. The Morgan fingerprint density at radius 1 is 1.27 bits per heavy atom. The summed E-state index contributed by atoms with van der Waals surface area (Å²) < 4.78 is 0. The Bertz CT molecular complexity index is 575. The van der Waals surface area contributed by atoms with Crippen LogP contribution in [0.2, 0.25) is 0 Å². The van der Waals surface area contributed by atoms with Gasteiger partial charge in [0.2, 0.25) is 0 Å². The number of hydrogen-bond acceptors (Lipinski definition) is 3. The number of piperidine rings is 1. The van der Waals surface area contributed by atoms with Gasteiger partial charge >= 0.3 is 0 Å². The Hall–Kier alpha value is -1.86. The van der Waals surface area contributed by atoms with Crippen molar-refractivity contribution in [1.29, 1.82) is 0 Å².